The van der Waals surface area contributed by atoms with Crippen molar-refractivity contribution in [1.29, 1.82) is 0 Å². The number of nitrogens with zero attached hydrogens (tertiary/aromatic N) is 1. The Hall–Kier alpha value is -0.660. The van der Waals surface area contributed by atoms with E-state index in [9.17, 15) is 8.42 Å². The van der Waals surface area contributed by atoms with Gasteiger partial charge in [0.15, 0.2) is 0 Å². The minimum Gasteiger partial charge on any atom is -0.385 e. The van der Waals surface area contributed by atoms with Crippen LogP contribution >= 0.6 is 11.6 Å². The summed E-state index contributed by atoms with van der Waals surface area (Å²) >= 11 is 6.02. The number of methoxy groups -OCH3 is 1. The van der Waals surface area contributed by atoms with Gasteiger partial charge in [-0.05, 0) is 24.1 Å². The zero-order valence-electron chi connectivity index (χ0n) is 12.1. The van der Waals surface area contributed by atoms with Crippen molar-refractivity contribution >= 4 is 21.6 Å². The standard InChI is InChI=1S/C14H21ClN2O3S/c1-20-8-3-9-21(18,19)17-7-6-16-11-14(17)12-4-2-5-13(15)10-12/h2,4-5,10,14,16H,3,6-9,11H2,1H3. The monoisotopic (exact) mass is 332 g/mol. The molecule has 0 bridgehead atoms. The Morgan fingerprint density at radius 1 is 1.48 bits per heavy atom. The van der Waals surface area contributed by atoms with Crippen LogP contribution in [0.4, 0.5) is 0 Å². The van der Waals surface area contributed by atoms with Gasteiger partial charge < -0.3 is 10.1 Å². The minimum atomic E-state index is -3.30. The lowest BCUT2D eigenvalue weighted by molar-refractivity contribution is 0.198. The largest absolute Gasteiger partial charge is 0.385 e. The molecule has 1 saturated heterocycles. The highest BCUT2D eigenvalue weighted by atomic mass is 35.5. The first-order chi connectivity index (χ1) is 10.0. The maximum Gasteiger partial charge on any atom is 0.214 e. The van der Waals surface area contributed by atoms with Gasteiger partial charge in [-0.3, -0.25) is 0 Å². The van der Waals surface area contributed by atoms with Crippen molar-refractivity contribution in [3.8, 4) is 0 Å². The Morgan fingerprint density at radius 3 is 3.00 bits per heavy atom. The van der Waals surface area contributed by atoms with Crippen LogP contribution in [-0.2, 0) is 14.8 Å². The lowest BCUT2D eigenvalue weighted by Crippen LogP contribution is -2.49. The number of benzene rings is 1. The van der Waals surface area contributed by atoms with Gasteiger partial charge in [0, 0.05) is 38.4 Å². The van der Waals surface area contributed by atoms with Crippen LogP contribution in [0.2, 0.25) is 5.02 Å². The Bertz CT molecular complexity index is 565. The molecule has 0 spiro atoms. The molecule has 118 valence electrons. The fourth-order valence-electron chi connectivity index (χ4n) is 2.52. The third kappa shape index (κ3) is 4.40. The maximum absolute atomic E-state index is 12.5. The zero-order chi connectivity index (χ0) is 15.3. The predicted octanol–water partition coefficient (Wildman–Crippen LogP) is 1.65. The molecule has 0 aromatic heterocycles. The summed E-state index contributed by atoms with van der Waals surface area (Å²) in [6, 6.07) is 7.18. The second kappa shape index (κ2) is 7.56. The number of halogens is 1. The molecule has 1 aliphatic rings. The molecule has 0 aliphatic carbocycles. The summed E-state index contributed by atoms with van der Waals surface area (Å²) in [6.45, 7) is 2.20. The highest BCUT2D eigenvalue weighted by Crippen LogP contribution is 2.27. The minimum absolute atomic E-state index is 0.109. The van der Waals surface area contributed by atoms with Gasteiger partial charge in [0.1, 0.15) is 0 Å². The van der Waals surface area contributed by atoms with Gasteiger partial charge >= 0.3 is 0 Å². The van der Waals surface area contributed by atoms with Crippen LogP contribution in [0.15, 0.2) is 24.3 Å². The fourth-order valence-corrected chi connectivity index (χ4v) is 4.39. The molecular formula is C14H21ClN2O3S. The summed E-state index contributed by atoms with van der Waals surface area (Å²) in [6.07, 6.45) is 0.505. The number of sulfonamides is 1. The molecule has 1 aromatic carbocycles. The smallest absolute Gasteiger partial charge is 0.214 e. The zero-order valence-corrected chi connectivity index (χ0v) is 13.7. The van der Waals surface area contributed by atoms with Crippen molar-refractivity contribution in [3.63, 3.8) is 0 Å². The van der Waals surface area contributed by atoms with E-state index in [0.717, 1.165) is 5.56 Å². The van der Waals surface area contributed by atoms with Crippen LogP contribution in [0.3, 0.4) is 0 Å². The van der Waals surface area contributed by atoms with Crippen molar-refractivity contribution in [2.24, 2.45) is 0 Å². The van der Waals surface area contributed by atoms with E-state index in [1.807, 2.05) is 18.2 Å². The molecule has 0 radical (unpaired) electrons. The van der Waals surface area contributed by atoms with E-state index in [-0.39, 0.29) is 11.8 Å². The summed E-state index contributed by atoms with van der Waals surface area (Å²) < 4.78 is 31.6. The van der Waals surface area contributed by atoms with Crippen molar-refractivity contribution in [3.05, 3.63) is 34.9 Å². The molecular weight excluding hydrogens is 312 g/mol. The van der Waals surface area contributed by atoms with Crippen LogP contribution in [0, 0.1) is 0 Å². The number of ether oxygens (including phenoxy) is 1. The quantitative estimate of drug-likeness (QED) is 0.805. The Labute approximate surface area is 131 Å². The van der Waals surface area contributed by atoms with Gasteiger partial charge in [-0.1, -0.05) is 23.7 Å². The van der Waals surface area contributed by atoms with Crippen LogP contribution in [0.1, 0.15) is 18.0 Å². The Morgan fingerprint density at radius 2 is 2.29 bits per heavy atom. The highest BCUT2D eigenvalue weighted by Gasteiger charge is 2.32. The summed E-state index contributed by atoms with van der Waals surface area (Å²) in [5, 5.41) is 3.87. The SMILES string of the molecule is COCCCS(=O)(=O)N1CCNCC1c1cccc(Cl)c1. The van der Waals surface area contributed by atoms with Crippen LogP contribution < -0.4 is 5.32 Å². The van der Waals surface area contributed by atoms with E-state index in [4.69, 9.17) is 16.3 Å². The lowest BCUT2D eigenvalue weighted by atomic mass is 10.1. The number of nitrogens with one attached hydrogen (secondary N) is 1. The van der Waals surface area contributed by atoms with Gasteiger partial charge in [0.25, 0.3) is 0 Å². The fraction of sp³-hybridized carbons (Fsp3) is 0.571. The maximum atomic E-state index is 12.5. The van der Waals surface area contributed by atoms with E-state index < -0.39 is 10.0 Å². The van der Waals surface area contributed by atoms with Gasteiger partial charge in [-0.25, -0.2) is 8.42 Å². The van der Waals surface area contributed by atoms with E-state index >= 15 is 0 Å². The normalized spacial score (nSPS) is 20.6. The van der Waals surface area contributed by atoms with E-state index in [1.165, 1.54) is 0 Å². The van der Waals surface area contributed by atoms with Crippen LogP contribution in [-0.4, -0.2) is 51.8 Å². The molecule has 2 rings (SSSR count). The third-order valence-corrected chi connectivity index (χ3v) is 5.73. The average molecular weight is 333 g/mol. The molecule has 1 heterocycles. The molecule has 1 atom stereocenters. The molecule has 5 nitrogen and oxygen atoms in total. The summed E-state index contributed by atoms with van der Waals surface area (Å²) in [5.74, 6) is 0.109. The van der Waals surface area contributed by atoms with Gasteiger partial charge in [-0.15, -0.1) is 0 Å². The molecule has 0 amide bonds. The topological polar surface area (TPSA) is 58.6 Å². The summed E-state index contributed by atoms with van der Waals surface area (Å²) in [4.78, 5) is 0. The number of hydrogen-bond acceptors (Lipinski definition) is 4. The van der Waals surface area contributed by atoms with Crippen LogP contribution in [0.5, 0.6) is 0 Å². The van der Waals surface area contributed by atoms with Crippen molar-refractivity contribution in [2.45, 2.75) is 12.5 Å². The second-order valence-corrected chi connectivity index (χ2v) is 7.53. The first-order valence-corrected chi connectivity index (χ1v) is 8.98. The second-order valence-electron chi connectivity index (χ2n) is 5.05. The van der Waals surface area contributed by atoms with E-state index in [2.05, 4.69) is 5.32 Å². The Balaban J connectivity index is 2.19. The van der Waals surface area contributed by atoms with Crippen molar-refractivity contribution < 1.29 is 13.2 Å². The molecule has 1 N–H and O–H groups in total. The van der Waals surface area contributed by atoms with E-state index in [1.54, 1.807) is 17.5 Å². The Kier molecular flexibility index (Phi) is 6.01. The number of rotatable bonds is 6. The molecule has 21 heavy (non-hydrogen) atoms. The summed E-state index contributed by atoms with van der Waals surface area (Å²) in [7, 11) is -1.72. The molecule has 1 unspecified atom stereocenters. The molecule has 7 heteroatoms. The van der Waals surface area contributed by atoms with Gasteiger partial charge in [0.2, 0.25) is 10.0 Å². The summed E-state index contributed by atoms with van der Waals surface area (Å²) in [5.41, 5.74) is 0.921. The third-order valence-electron chi connectivity index (χ3n) is 3.54. The molecule has 1 aromatic rings. The van der Waals surface area contributed by atoms with E-state index in [0.29, 0.717) is 37.7 Å². The molecule has 0 saturated carbocycles. The van der Waals surface area contributed by atoms with Crippen molar-refractivity contribution in [2.75, 3.05) is 39.1 Å². The molecule has 1 fully saturated rings. The predicted molar refractivity (Wildman–Crippen MR) is 84.0 cm³/mol. The van der Waals surface area contributed by atoms with Crippen LogP contribution in [0.25, 0.3) is 0 Å². The van der Waals surface area contributed by atoms with Crippen molar-refractivity contribution in [1.82, 2.24) is 9.62 Å². The number of piperazine rings is 1. The first-order valence-electron chi connectivity index (χ1n) is 6.99. The number of hydrogen-bond donors (Lipinski definition) is 1. The van der Waals surface area contributed by atoms with Gasteiger partial charge in [0.05, 0.1) is 11.8 Å². The van der Waals surface area contributed by atoms with Gasteiger partial charge in [-0.2, -0.15) is 4.31 Å². The highest BCUT2D eigenvalue weighted by molar-refractivity contribution is 7.89. The first kappa shape index (κ1) is 16.7. The average Bonchev–Trinajstić information content (AvgIpc) is 2.47. The molecule has 1 aliphatic heterocycles. The lowest BCUT2D eigenvalue weighted by Gasteiger charge is -2.35.